The van der Waals surface area contributed by atoms with Gasteiger partial charge in [-0.3, -0.25) is 4.90 Å². The van der Waals surface area contributed by atoms with Crippen LogP contribution in [0.15, 0.2) is 47.1 Å². The van der Waals surface area contributed by atoms with Crippen molar-refractivity contribution in [3.63, 3.8) is 0 Å². The number of aromatic nitrogens is 5. The van der Waals surface area contributed by atoms with Gasteiger partial charge in [-0.05, 0) is 24.3 Å². The van der Waals surface area contributed by atoms with E-state index >= 15 is 0 Å². The maximum atomic E-state index is 8.94. The van der Waals surface area contributed by atoms with Crippen LogP contribution in [0.1, 0.15) is 0 Å². The Kier molecular flexibility index (Phi) is 6.40. The van der Waals surface area contributed by atoms with E-state index in [9.17, 15) is 0 Å². The lowest BCUT2D eigenvalue weighted by molar-refractivity contribution is 0.201. The standard InChI is InChI=1S/C22H27N9O3/c23-20-26-21(27-22-25-19(28-31(20)22)18-5-2-13-34-18)24-6-7-29-8-10-30(11-9-29)16-3-1-4-17(15-16)33-14-12-32/h1-5,13,15,32H,6-12,14H2,(H3,23,24,25,26,27,28). The van der Waals surface area contributed by atoms with Gasteiger partial charge in [0.05, 0.1) is 12.9 Å². The Labute approximate surface area is 196 Å². The van der Waals surface area contributed by atoms with E-state index in [1.54, 1.807) is 18.4 Å². The normalized spacial score (nSPS) is 14.6. The first kappa shape index (κ1) is 21.9. The van der Waals surface area contributed by atoms with E-state index in [0.29, 0.717) is 36.5 Å². The van der Waals surface area contributed by atoms with E-state index in [1.807, 2.05) is 18.2 Å². The van der Waals surface area contributed by atoms with Crippen LogP contribution in [0, 0.1) is 0 Å². The molecule has 4 aromatic rings. The summed E-state index contributed by atoms with van der Waals surface area (Å²) in [6, 6.07) is 11.5. The number of hydrogen-bond donors (Lipinski definition) is 3. The zero-order chi connectivity index (χ0) is 23.3. The maximum Gasteiger partial charge on any atom is 0.259 e. The molecule has 1 aliphatic rings. The first-order chi connectivity index (χ1) is 16.7. The molecule has 0 saturated carbocycles. The molecule has 12 heteroatoms. The summed E-state index contributed by atoms with van der Waals surface area (Å²) in [6.07, 6.45) is 1.56. The van der Waals surface area contributed by atoms with Crippen molar-refractivity contribution in [2.45, 2.75) is 0 Å². The first-order valence-electron chi connectivity index (χ1n) is 11.2. The zero-order valence-electron chi connectivity index (χ0n) is 18.7. The summed E-state index contributed by atoms with van der Waals surface area (Å²) in [6.45, 7) is 5.58. The fraction of sp³-hybridized carbons (Fsp3) is 0.364. The van der Waals surface area contributed by atoms with Gasteiger partial charge in [-0.1, -0.05) is 6.07 Å². The van der Waals surface area contributed by atoms with Gasteiger partial charge in [0.15, 0.2) is 5.76 Å². The summed E-state index contributed by atoms with van der Waals surface area (Å²) in [5.74, 6) is 2.71. The molecule has 0 radical (unpaired) electrons. The lowest BCUT2D eigenvalue weighted by Crippen LogP contribution is -2.47. The number of rotatable bonds is 9. The average molecular weight is 466 g/mol. The largest absolute Gasteiger partial charge is 0.491 e. The number of fused-ring (bicyclic) bond motifs is 1. The second-order valence-corrected chi connectivity index (χ2v) is 7.85. The van der Waals surface area contributed by atoms with Gasteiger partial charge in [0.25, 0.3) is 5.78 Å². The molecule has 4 N–H and O–H groups in total. The molecule has 1 aromatic carbocycles. The number of furan rings is 1. The van der Waals surface area contributed by atoms with Crippen LogP contribution in [0.2, 0.25) is 0 Å². The molecule has 1 saturated heterocycles. The minimum Gasteiger partial charge on any atom is -0.491 e. The second-order valence-electron chi connectivity index (χ2n) is 7.85. The van der Waals surface area contributed by atoms with Crippen molar-refractivity contribution >= 4 is 23.4 Å². The number of piperazine rings is 1. The van der Waals surface area contributed by atoms with Crippen molar-refractivity contribution in [3.05, 3.63) is 42.7 Å². The average Bonchev–Trinajstić information content (AvgIpc) is 3.54. The fourth-order valence-electron chi connectivity index (χ4n) is 3.88. The first-order valence-corrected chi connectivity index (χ1v) is 11.2. The number of nitrogens with one attached hydrogen (secondary N) is 1. The van der Waals surface area contributed by atoms with Crippen molar-refractivity contribution in [2.24, 2.45) is 0 Å². The molecular weight excluding hydrogens is 438 g/mol. The number of benzene rings is 1. The number of nitrogens with zero attached hydrogens (tertiary/aromatic N) is 7. The molecule has 1 aliphatic heterocycles. The number of nitrogens with two attached hydrogens (primary N) is 1. The van der Waals surface area contributed by atoms with Crippen molar-refractivity contribution in [3.8, 4) is 17.3 Å². The summed E-state index contributed by atoms with van der Waals surface area (Å²) in [5.41, 5.74) is 7.18. The topological polar surface area (TPSA) is 143 Å². The van der Waals surface area contributed by atoms with Crippen LogP contribution >= 0.6 is 0 Å². The summed E-state index contributed by atoms with van der Waals surface area (Å²) >= 11 is 0. The summed E-state index contributed by atoms with van der Waals surface area (Å²) in [4.78, 5) is 17.8. The van der Waals surface area contributed by atoms with Crippen LogP contribution in [0.3, 0.4) is 0 Å². The van der Waals surface area contributed by atoms with Gasteiger partial charge in [-0.2, -0.15) is 19.5 Å². The highest BCUT2D eigenvalue weighted by molar-refractivity contribution is 5.53. The minimum atomic E-state index is 0.00734. The molecule has 1 fully saturated rings. The van der Waals surface area contributed by atoms with Gasteiger partial charge in [0, 0.05) is 51.0 Å². The zero-order valence-corrected chi connectivity index (χ0v) is 18.7. The lowest BCUT2D eigenvalue weighted by atomic mass is 10.2. The van der Waals surface area contributed by atoms with Crippen molar-refractivity contribution in [2.75, 3.05) is 68.4 Å². The van der Waals surface area contributed by atoms with Crippen LogP contribution < -0.4 is 20.7 Å². The van der Waals surface area contributed by atoms with Crippen LogP contribution in [0.25, 0.3) is 17.4 Å². The van der Waals surface area contributed by atoms with Crippen LogP contribution in [0.4, 0.5) is 17.6 Å². The summed E-state index contributed by atoms with van der Waals surface area (Å²) in [7, 11) is 0. The SMILES string of the molecule is Nc1nc(NCCN2CCN(c3cccc(OCCO)c3)CC2)nc2nc(-c3ccco3)nn12. The molecule has 3 aromatic heterocycles. The number of nitrogen functional groups attached to an aromatic ring is 1. The Morgan fingerprint density at radius 2 is 1.97 bits per heavy atom. The number of ether oxygens (including phenoxy) is 1. The van der Waals surface area contributed by atoms with Gasteiger partial charge in [-0.15, -0.1) is 5.10 Å². The Hall–Kier alpha value is -3.90. The van der Waals surface area contributed by atoms with Gasteiger partial charge in [0.1, 0.15) is 12.4 Å². The van der Waals surface area contributed by atoms with Gasteiger partial charge in [0.2, 0.25) is 17.7 Å². The third kappa shape index (κ3) is 4.87. The third-order valence-corrected chi connectivity index (χ3v) is 5.60. The molecule has 0 aliphatic carbocycles. The Balaban J connectivity index is 1.13. The van der Waals surface area contributed by atoms with Gasteiger partial charge in [-0.25, -0.2) is 0 Å². The minimum absolute atomic E-state index is 0.00734. The predicted molar refractivity (Wildman–Crippen MR) is 127 cm³/mol. The van der Waals surface area contributed by atoms with Crippen LogP contribution in [-0.4, -0.2) is 87.1 Å². The van der Waals surface area contributed by atoms with E-state index in [1.165, 1.54) is 4.52 Å². The molecule has 178 valence electrons. The number of aliphatic hydroxyl groups is 1. The fourth-order valence-corrected chi connectivity index (χ4v) is 3.88. The molecule has 34 heavy (non-hydrogen) atoms. The highest BCUT2D eigenvalue weighted by Crippen LogP contribution is 2.22. The summed E-state index contributed by atoms with van der Waals surface area (Å²) in [5, 5.41) is 16.5. The predicted octanol–water partition coefficient (Wildman–Crippen LogP) is 0.967. The molecule has 0 bridgehead atoms. The van der Waals surface area contributed by atoms with Crippen LogP contribution in [0.5, 0.6) is 5.75 Å². The molecule has 0 atom stereocenters. The highest BCUT2D eigenvalue weighted by Gasteiger charge is 2.18. The van der Waals surface area contributed by atoms with Crippen molar-refractivity contribution < 1.29 is 14.3 Å². The van der Waals surface area contributed by atoms with E-state index in [-0.39, 0.29) is 12.6 Å². The molecule has 12 nitrogen and oxygen atoms in total. The Bertz CT molecular complexity index is 1220. The van der Waals surface area contributed by atoms with E-state index < -0.39 is 0 Å². The van der Waals surface area contributed by atoms with Crippen molar-refractivity contribution in [1.82, 2.24) is 29.5 Å². The Morgan fingerprint density at radius 3 is 2.76 bits per heavy atom. The smallest absolute Gasteiger partial charge is 0.259 e. The third-order valence-electron chi connectivity index (χ3n) is 5.60. The molecule has 5 rings (SSSR count). The maximum absolute atomic E-state index is 8.94. The molecule has 0 amide bonds. The lowest BCUT2D eigenvalue weighted by Gasteiger charge is -2.36. The van der Waals surface area contributed by atoms with Gasteiger partial charge >= 0.3 is 0 Å². The van der Waals surface area contributed by atoms with E-state index in [4.69, 9.17) is 20.0 Å². The van der Waals surface area contributed by atoms with Gasteiger partial charge < -0.3 is 30.2 Å². The second kappa shape index (κ2) is 9.93. The number of aliphatic hydroxyl groups excluding tert-OH is 1. The number of hydrogen-bond acceptors (Lipinski definition) is 11. The molecule has 0 unspecified atom stereocenters. The monoisotopic (exact) mass is 465 g/mol. The molecule has 0 spiro atoms. The number of anilines is 3. The Morgan fingerprint density at radius 1 is 1.09 bits per heavy atom. The van der Waals surface area contributed by atoms with Crippen LogP contribution in [-0.2, 0) is 0 Å². The molecule has 4 heterocycles. The molecular formula is C22H27N9O3. The quantitative estimate of drug-likeness (QED) is 0.325. The van der Waals surface area contributed by atoms with Crippen molar-refractivity contribution in [1.29, 1.82) is 0 Å². The summed E-state index contributed by atoms with van der Waals surface area (Å²) < 4.78 is 12.3. The van der Waals surface area contributed by atoms with E-state index in [2.05, 4.69) is 41.2 Å². The van der Waals surface area contributed by atoms with E-state index in [0.717, 1.165) is 44.2 Å². The highest BCUT2D eigenvalue weighted by atomic mass is 16.5.